The maximum atomic E-state index is 2.77. The molecule has 0 heteroatoms. The Kier molecular flexibility index (Phi) is 6.32. The second-order valence-corrected chi connectivity index (χ2v) is 12.8. The molecule has 0 nitrogen and oxygen atoms in total. The maximum Gasteiger partial charge on any atom is -0.00851 e. The summed E-state index contributed by atoms with van der Waals surface area (Å²) in [4.78, 5) is 0. The van der Waals surface area contributed by atoms with E-state index in [1.54, 1.807) is 0 Å². The Labute approximate surface area is 182 Å². The summed E-state index contributed by atoms with van der Waals surface area (Å²) in [5.74, 6) is 6.78. The largest absolute Gasteiger partial charge is 0.0845 e. The van der Waals surface area contributed by atoms with Gasteiger partial charge in [0.05, 0.1) is 0 Å². The molecule has 0 aromatic rings. The van der Waals surface area contributed by atoms with Gasteiger partial charge >= 0.3 is 0 Å². The van der Waals surface area contributed by atoms with E-state index in [9.17, 15) is 0 Å². The summed E-state index contributed by atoms with van der Waals surface area (Å²) in [5, 5.41) is 0. The summed E-state index contributed by atoms with van der Waals surface area (Å²) in [6, 6.07) is 0. The van der Waals surface area contributed by atoms with Crippen LogP contribution in [0, 0.1) is 52.3 Å². The highest BCUT2D eigenvalue weighted by Crippen LogP contribution is 2.67. The van der Waals surface area contributed by atoms with Gasteiger partial charge in [-0.25, -0.2) is 0 Å². The van der Waals surface area contributed by atoms with Crippen LogP contribution in [0.5, 0.6) is 0 Å². The van der Waals surface area contributed by atoms with Gasteiger partial charge in [-0.05, 0) is 104 Å². The van der Waals surface area contributed by atoms with Gasteiger partial charge in [0, 0.05) is 0 Å². The molecule has 166 valence electrons. The Morgan fingerprint density at radius 2 is 1.76 bits per heavy atom. The Hall–Kier alpha value is -0.260. The SMILES string of the molecule is CC[C@H]1CCC2(C)C(=CC[C@H]3C2CCC2(C)C([C@H](C)CCCC(C)C)CC[C@@H]32)C1. The third-order valence-corrected chi connectivity index (χ3v) is 11.0. The van der Waals surface area contributed by atoms with E-state index >= 15 is 0 Å². The second-order valence-electron chi connectivity index (χ2n) is 12.8. The lowest BCUT2D eigenvalue weighted by molar-refractivity contribution is -0.0528. The number of allylic oxidation sites excluding steroid dienone is 2. The van der Waals surface area contributed by atoms with Gasteiger partial charge in [-0.2, -0.15) is 0 Å². The van der Waals surface area contributed by atoms with Crippen LogP contribution in [-0.4, -0.2) is 0 Å². The third-order valence-electron chi connectivity index (χ3n) is 11.0. The molecule has 0 amide bonds. The zero-order chi connectivity index (χ0) is 20.8. The summed E-state index contributed by atoms with van der Waals surface area (Å²) in [7, 11) is 0. The molecule has 0 N–H and O–H groups in total. The summed E-state index contributed by atoms with van der Waals surface area (Å²) in [5.41, 5.74) is 3.08. The third kappa shape index (κ3) is 3.78. The average molecular weight is 399 g/mol. The van der Waals surface area contributed by atoms with Crippen LogP contribution in [0.1, 0.15) is 119 Å². The molecule has 0 aliphatic heterocycles. The van der Waals surface area contributed by atoms with Crippen LogP contribution in [0.3, 0.4) is 0 Å². The van der Waals surface area contributed by atoms with Crippen molar-refractivity contribution in [3.8, 4) is 0 Å². The molecule has 0 bridgehead atoms. The smallest absolute Gasteiger partial charge is 0.00851 e. The first kappa shape index (κ1) is 22.0. The Balaban J connectivity index is 1.48. The first-order valence-corrected chi connectivity index (χ1v) is 13.5. The minimum absolute atomic E-state index is 0.552. The number of fused-ring (bicyclic) bond motifs is 5. The lowest BCUT2D eigenvalue weighted by Gasteiger charge is -2.58. The Morgan fingerprint density at radius 3 is 2.48 bits per heavy atom. The van der Waals surface area contributed by atoms with E-state index in [0.717, 1.165) is 41.4 Å². The normalized spacial score (nSPS) is 45.3. The van der Waals surface area contributed by atoms with Crippen molar-refractivity contribution in [1.82, 2.24) is 0 Å². The molecule has 3 saturated carbocycles. The molecule has 3 fully saturated rings. The molecule has 0 aromatic carbocycles. The molecule has 0 radical (unpaired) electrons. The van der Waals surface area contributed by atoms with Crippen molar-refractivity contribution in [3.05, 3.63) is 11.6 Å². The monoisotopic (exact) mass is 398 g/mol. The van der Waals surface area contributed by atoms with Gasteiger partial charge in [0.25, 0.3) is 0 Å². The van der Waals surface area contributed by atoms with Gasteiger partial charge in [0.15, 0.2) is 0 Å². The molecular formula is C29H50. The standard InChI is InChI=1S/C29H50/c1-7-22-15-17-28(5)23(19-22)11-12-24-26-14-13-25(21(4)10-8-9-20(2)3)29(26,6)18-16-27(24)28/h11,20-22,24-27H,7-10,12-19H2,1-6H3/t21-,22+,24-,25?,26+,27?,28?,29?/m1/s1. The highest BCUT2D eigenvalue weighted by Gasteiger charge is 2.58. The van der Waals surface area contributed by atoms with Crippen molar-refractivity contribution in [3.63, 3.8) is 0 Å². The van der Waals surface area contributed by atoms with Gasteiger partial charge in [0.1, 0.15) is 0 Å². The van der Waals surface area contributed by atoms with E-state index in [4.69, 9.17) is 0 Å². The number of hydrogen-bond acceptors (Lipinski definition) is 0. The van der Waals surface area contributed by atoms with Crippen LogP contribution in [-0.2, 0) is 0 Å². The van der Waals surface area contributed by atoms with Crippen LogP contribution < -0.4 is 0 Å². The zero-order valence-electron chi connectivity index (χ0n) is 20.6. The van der Waals surface area contributed by atoms with Crippen molar-refractivity contribution in [2.45, 2.75) is 119 Å². The van der Waals surface area contributed by atoms with Crippen molar-refractivity contribution in [2.24, 2.45) is 52.3 Å². The van der Waals surface area contributed by atoms with Crippen molar-refractivity contribution in [2.75, 3.05) is 0 Å². The molecule has 4 unspecified atom stereocenters. The van der Waals surface area contributed by atoms with Crippen LogP contribution in [0.4, 0.5) is 0 Å². The first-order chi connectivity index (χ1) is 13.8. The van der Waals surface area contributed by atoms with Gasteiger partial charge in [0.2, 0.25) is 0 Å². The summed E-state index contributed by atoms with van der Waals surface area (Å²) in [6.07, 6.45) is 20.4. The van der Waals surface area contributed by atoms with Crippen LogP contribution in [0.2, 0.25) is 0 Å². The molecule has 4 rings (SSSR count). The van der Waals surface area contributed by atoms with E-state index in [-0.39, 0.29) is 0 Å². The van der Waals surface area contributed by atoms with Gasteiger partial charge < -0.3 is 0 Å². The topological polar surface area (TPSA) is 0 Å². The minimum Gasteiger partial charge on any atom is -0.0845 e. The highest BCUT2D eigenvalue weighted by molar-refractivity contribution is 5.25. The zero-order valence-corrected chi connectivity index (χ0v) is 20.6. The maximum absolute atomic E-state index is 2.77. The molecule has 0 spiro atoms. The van der Waals surface area contributed by atoms with Gasteiger partial charge in [-0.15, -0.1) is 0 Å². The minimum atomic E-state index is 0.552. The fraction of sp³-hybridized carbons (Fsp3) is 0.931. The van der Waals surface area contributed by atoms with Crippen LogP contribution >= 0.6 is 0 Å². The van der Waals surface area contributed by atoms with E-state index in [0.29, 0.717) is 10.8 Å². The molecular weight excluding hydrogens is 348 g/mol. The predicted molar refractivity (Wildman–Crippen MR) is 127 cm³/mol. The predicted octanol–water partition coefficient (Wildman–Crippen LogP) is 9.05. The Morgan fingerprint density at radius 1 is 0.966 bits per heavy atom. The van der Waals surface area contributed by atoms with E-state index in [2.05, 4.69) is 47.6 Å². The second kappa shape index (κ2) is 8.35. The molecule has 4 aliphatic rings. The molecule has 0 heterocycles. The van der Waals surface area contributed by atoms with Crippen molar-refractivity contribution < 1.29 is 0 Å². The summed E-state index contributed by atoms with van der Waals surface area (Å²) < 4.78 is 0. The van der Waals surface area contributed by atoms with Gasteiger partial charge in [-0.1, -0.05) is 78.9 Å². The molecule has 8 atom stereocenters. The van der Waals surface area contributed by atoms with Crippen LogP contribution in [0.15, 0.2) is 11.6 Å². The first-order valence-electron chi connectivity index (χ1n) is 13.5. The fourth-order valence-corrected chi connectivity index (χ4v) is 9.11. The molecule has 0 saturated heterocycles. The van der Waals surface area contributed by atoms with E-state index in [1.165, 1.54) is 77.0 Å². The highest BCUT2D eigenvalue weighted by atomic mass is 14.6. The number of rotatable bonds is 6. The average Bonchev–Trinajstić information content (AvgIpc) is 3.04. The Bertz CT molecular complexity index is 599. The lowest BCUT2D eigenvalue weighted by atomic mass is 9.46. The van der Waals surface area contributed by atoms with Gasteiger partial charge in [-0.3, -0.25) is 0 Å². The van der Waals surface area contributed by atoms with Crippen LogP contribution in [0.25, 0.3) is 0 Å². The molecule has 29 heavy (non-hydrogen) atoms. The number of hydrogen-bond donors (Lipinski definition) is 0. The lowest BCUT2D eigenvalue weighted by Crippen LogP contribution is -2.50. The van der Waals surface area contributed by atoms with E-state index < -0.39 is 0 Å². The summed E-state index contributed by atoms with van der Waals surface area (Å²) >= 11 is 0. The van der Waals surface area contributed by atoms with Crippen molar-refractivity contribution in [1.29, 1.82) is 0 Å². The quantitative estimate of drug-likeness (QED) is 0.391. The molecule has 4 aliphatic carbocycles. The fourth-order valence-electron chi connectivity index (χ4n) is 9.11. The molecule has 0 aromatic heterocycles. The summed E-state index contributed by atoms with van der Waals surface area (Å²) in [6.45, 7) is 15.2. The van der Waals surface area contributed by atoms with Crippen molar-refractivity contribution >= 4 is 0 Å². The van der Waals surface area contributed by atoms with E-state index in [1.807, 2.05) is 5.57 Å².